The molecule has 5 aromatic carbocycles. The van der Waals surface area contributed by atoms with Gasteiger partial charge in [-0.3, -0.25) is 0 Å². The predicted octanol–water partition coefficient (Wildman–Crippen LogP) is 14.1. The Kier molecular flexibility index (Phi) is 8.06. The third kappa shape index (κ3) is 5.31. The normalized spacial score (nSPS) is 18.3. The van der Waals surface area contributed by atoms with Crippen LogP contribution in [0.25, 0.3) is 22.1 Å². The molecule has 0 bridgehead atoms. The molecule has 9 rings (SSSR count). The maximum Gasteiger partial charge on any atom is 0.136 e. The Hall–Kier alpha value is -4.76. The van der Waals surface area contributed by atoms with Gasteiger partial charge in [-0.25, -0.2) is 0 Å². The number of benzene rings is 5. The van der Waals surface area contributed by atoms with Gasteiger partial charge in [0.15, 0.2) is 0 Å². The molecule has 2 aliphatic carbocycles. The highest BCUT2D eigenvalue weighted by molar-refractivity contribution is 5.99. The Labute approximate surface area is 303 Å². The first-order valence-corrected chi connectivity index (χ1v) is 19.4. The van der Waals surface area contributed by atoms with Gasteiger partial charge in [-0.1, -0.05) is 111 Å². The van der Waals surface area contributed by atoms with E-state index in [9.17, 15) is 0 Å². The number of anilines is 5. The number of aryl methyl sites for hydroxylation is 1. The molecule has 3 aliphatic rings. The Morgan fingerprint density at radius 3 is 2.24 bits per heavy atom. The van der Waals surface area contributed by atoms with E-state index >= 15 is 0 Å². The fourth-order valence-electron chi connectivity index (χ4n) is 10.2. The minimum atomic E-state index is -0.0822. The van der Waals surface area contributed by atoms with Crippen molar-refractivity contribution in [1.29, 1.82) is 0 Å². The molecular weight excluding hydrogens is 621 g/mol. The van der Waals surface area contributed by atoms with Crippen molar-refractivity contribution in [1.82, 2.24) is 0 Å². The van der Waals surface area contributed by atoms with Gasteiger partial charge in [0.2, 0.25) is 0 Å². The second-order valence-corrected chi connectivity index (χ2v) is 16.0. The van der Waals surface area contributed by atoms with Crippen LogP contribution in [0.15, 0.2) is 126 Å². The maximum absolute atomic E-state index is 6.24. The molecule has 2 saturated carbocycles. The third-order valence-electron chi connectivity index (χ3n) is 12.8. The minimum absolute atomic E-state index is 0.0822. The molecule has 1 aromatic heterocycles. The van der Waals surface area contributed by atoms with Gasteiger partial charge in [-0.15, -0.1) is 0 Å². The Morgan fingerprint density at radius 1 is 0.686 bits per heavy atom. The van der Waals surface area contributed by atoms with Crippen LogP contribution in [0.3, 0.4) is 0 Å². The number of fused-ring (bicyclic) bond motifs is 3. The van der Waals surface area contributed by atoms with E-state index in [1.807, 2.05) is 6.26 Å². The van der Waals surface area contributed by atoms with E-state index in [1.54, 1.807) is 11.1 Å². The molecule has 3 nitrogen and oxygen atoms in total. The van der Waals surface area contributed by atoms with Crippen molar-refractivity contribution >= 4 is 39.4 Å². The van der Waals surface area contributed by atoms with Crippen LogP contribution in [0, 0.1) is 6.92 Å². The van der Waals surface area contributed by atoms with Gasteiger partial charge in [-0.05, 0) is 117 Å². The number of hydrogen-bond acceptors (Lipinski definition) is 3. The van der Waals surface area contributed by atoms with Crippen LogP contribution >= 0.6 is 0 Å². The topological polar surface area (TPSA) is 19.6 Å². The van der Waals surface area contributed by atoms with E-state index in [2.05, 4.69) is 146 Å². The van der Waals surface area contributed by atoms with Crippen molar-refractivity contribution in [2.24, 2.45) is 0 Å². The van der Waals surface area contributed by atoms with E-state index in [4.69, 9.17) is 4.42 Å². The number of furan rings is 1. The van der Waals surface area contributed by atoms with Crippen LogP contribution < -0.4 is 9.80 Å². The van der Waals surface area contributed by atoms with E-state index in [1.165, 1.54) is 92.3 Å². The summed E-state index contributed by atoms with van der Waals surface area (Å²) in [6.45, 7) is 7.33. The molecule has 2 fully saturated rings. The lowest BCUT2D eigenvalue weighted by atomic mass is 9.61. The highest BCUT2D eigenvalue weighted by Crippen LogP contribution is 2.61. The fraction of sp³-hybridized carbons (Fsp3) is 0.333. The van der Waals surface area contributed by atoms with Crippen LogP contribution in [0.4, 0.5) is 28.4 Å². The molecule has 0 atom stereocenters. The molecule has 0 N–H and O–H groups in total. The van der Waals surface area contributed by atoms with Crippen molar-refractivity contribution in [3.8, 4) is 11.1 Å². The average Bonchev–Trinajstić information content (AvgIpc) is 3.66. The van der Waals surface area contributed by atoms with Crippen LogP contribution in [0.2, 0.25) is 0 Å². The summed E-state index contributed by atoms with van der Waals surface area (Å²) in [7, 11) is 0. The molecule has 258 valence electrons. The summed E-state index contributed by atoms with van der Waals surface area (Å²) >= 11 is 0. The SMILES string of the molecule is Cc1cc(N(c2ccccc2-c2ccccc2)c2coc3ccccc23)cc(N2c3ccc(C4CCCCC4)cc3C3(CCCCC3)C2(C)C)c1. The maximum atomic E-state index is 6.24. The summed E-state index contributed by atoms with van der Waals surface area (Å²) in [5, 5.41) is 1.10. The fourth-order valence-corrected chi connectivity index (χ4v) is 10.2. The molecule has 2 heterocycles. The first-order valence-electron chi connectivity index (χ1n) is 19.4. The molecule has 1 aliphatic heterocycles. The lowest BCUT2D eigenvalue weighted by Crippen LogP contribution is -2.52. The van der Waals surface area contributed by atoms with Crippen molar-refractivity contribution in [2.45, 2.75) is 102 Å². The van der Waals surface area contributed by atoms with Gasteiger partial charge in [0.1, 0.15) is 11.8 Å². The highest BCUT2D eigenvalue weighted by Gasteiger charge is 2.57. The van der Waals surface area contributed by atoms with Gasteiger partial charge in [-0.2, -0.15) is 0 Å². The van der Waals surface area contributed by atoms with Crippen LogP contribution in [0.5, 0.6) is 0 Å². The molecular formula is C48H50N2O. The van der Waals surface area contributed by atoms with E-state index in [0.29, 0.717) is 5.92 Å². The number of nitrogens with zero attached hydrogens (tertiary/aromatic N) is 2. The lowest BCUT2D eigenvalue weighted by molar-refractivity contribution is 0.199. The molecule has 51 heavy (non-hydrogen) atoms. The third-order valence-corrected chi connectivity index (χ3v) is 12.8. The van der Waals surface area contributed by atoms with Crippen LogP contribution in [-0.2, 0) is 5.41 Å². The van der Waals surface area contributed by atoms with E-state index < -0.39 is 0 Å². The molecule has 0 radical (unpaired) electrons. The summed E-state index contributed by atoms with van der Waals surface area (Å²) < 4.78 is 6.24. The van der Waals surface area contributed by atoms with Crippen molar-refractivity contribution < 1.29 is 4.42 Å². The highest BCUT2D eigenvalue weighted by atomic mass is 16.3. The zero-order chi connectivity index (χ0) is 34.6. The monoisotopic (exact) mass is 670 g/mol. The standard InChI is InChI=1S/C48H50N2O/c1-34-29-38(49(45-33-51-46-24-14-12-22-41(45)46)43-23-13-11-21-40(43)36-19-9-5-10-20-36)32-39(30-34)50-44-26-25-37(35-17-7-4-8-18-35)31-42(44)48(47(50,2)3)27-15-6-16-28-48/h5,9-14,19-26,29-33,35H,4,6-8,15-18,27-28H2,1-3H3. The molecule has 0 unspecified atom stereocenters. The Balaban J connectivity index is 1.24. The number of para-hydroxylation sites is 2. The smallest absolute Gasteiger partial charge is 0.136 e. The van der Waals surface area contributed by atoms with E-state index in [-0.39, 0.29) is 11.0 Å². The quantitative estimate of drug-likeness (QED) is 0.176. The van der Waals surface area contributed by atoms with Crippen LogP contribution in [-0.4, -0.2) is 5.54 Å². The minimum Gasteiger partial charge on any atom is -0.462 e. The summed E-state index contributed by atoms with van der Waals surface area (Å²) in [6.07, 6.45) is 15.2. The van der Waals surface area contributed by atoms with Gasteiger partial charge >= 0.3 is 0 Å². The second kappa shape index (κ2) is 12.8. The summed E-state index contributed by atoms with van der Waals surface area (Å²) in [5.74, 6) is 0.704. The van der Waals surface area contributed by atoms with Crippen molar-refractivity contribution in [3.63, 3.8) is 0 Å². The van der Waals surface area contributed by atoms with Gasteiger partial charge in [0.25, 0.3) is 0 Å². The van der Waals surface area contributed by atoms with Gasteiger partial charge in [0.05, 0.1) is 11.4 Å². The first-order chi connectivity index (χ1) is 24.9. The molecule has 0 saturated heterocycles. The summed E-state index contributed by atoms with van der Waals surface area (Å²) in [4.78, 5) is 5.15. The van der Waals surface area contributed by atoms with Gasteiger partial charge in [0, 0.05) is 39.0 Å². The lowest BCUT2D eigenvalue weighted by Gasteiger charge is -2.49. The van der Waals surface area contributed by atoms with Crippen molar-refractivity contribution in [2.75, 3.05) is 9.80 Å². The number of hydrogen-bond donors (Lipinski definition) is 0. The summed E-state index contributed by atoms with van der Waals surface area (Å²) in [6, 6.07) is 42.8. The van der Waals surface area contributed by atoms with Crippen LogP contribution in [0.1, 0.15) is 101 Å². The Bertz CT molecular complexity index is 2180. The molecule has 1 spiro atoms. The zero-order valence-electron chi connectivity index (χ0n) is 30.5. The summed E-state index contributed by atoms with van der Waals surface area (Å²) in [5.41, 5.74) is 13.8. The second-order valence-electron chi connectivity index (χ2n) is 16.0. The molecule has 6 aromatic rings. The molecule has 0 amide bonds. The average molecular weight is 671 g/mol. The number of rotatable bonds is 6. The van der Waals surface area contributed by atoms with E-state index in [0.717, 1.165) is 28.0 Å². The molecule has 3 heteroatoms. The van der Waals surface area contributed by atoms with Crippen molar-refractivity contribution in [3.05, 3.63) is 138 Å². The largest absolute Gasteiger partial charge is 0.462 e. The van der Waals surface area contributed by atoms with Gasteiger partial charge < -0.3 is 14.2 Å². The zero-order valence-corrected chi connectivity index (χ0v) is 30.5. The predicted molar refractivity (Wildman–Crippen MR) is 214 cm³/mol. The Morgan fingerprint density at radius 2 is 1.41 bits per heavy atom. The first kappa shape index (κ1) is 32.2.